The quantitative estimate of drug-likeness (QED) is 0.0415. The highest BCUT2D eigenvalue weighted by Gasteiger charge is 2.10. The Morgan fingerprint density at radius 1 is 0.413 bits per heavy atom. The molecule has 0 N–H and O–H groups in total. The summed E-state index contributed by atoms with van der Waals surface area (Å²) in [6, 6.07) is 7.25. The zero-order valence-electron chi connectivity index (χ0n) is 31.1. The van der Waals surface area contributed by atoms with Crippen LogP contribution in [0.25, 0.3) is 0 Å². The summed E-state index contributed by atoms with van der Waals surface area (Å²) in [7, 11) is 0. The van der Waals surface area contributed by atoms with Gasteiger partial charge in [-0.05, 0) is 25.0 Å². The minimum Gasteiger partial charge on any atom is -0.372 e. The van der Waals surface area contributed by atoms with Gasteiger partial charge >= 0.3 is 0 Å². The molecule has 268 valence electrons. The Bertz CT molecular complexity index is 729. The third-order valence-electron chi connectivity index (χ3n) is 9.99. The van der Waals surface area contributed by atoms with Gasteiger partial charge in [0.05, 0.1) is 4.92 Å². The number of rotatable bonds is 36. The third-order valence-corrected chi connectivity index (χ3v) is 9.99. The van der Waals surface area contributed by atoms with E-state index in [1.54, 1.807) is 12.1 Å². The van der Waals surface area contributed by atoms with E-state index in [-0.39, 0.29) is 10.6 Å². The fourth-order valence-electron chi connectivity index (χ4n) is 6.86. The van der Waals surface area contributed by atoms with Gasteiger partial charge in [0, 0.05) is 30.9 Å². The largest absolute Gasteiger partial charge is 0.372 e. The number of unbranched alkanes of at least 4 members (excludes halogenated alkanes) is 30. The summed E-state index contributed by atoms with van der Waals surface area (Å²) in [5.74, 6) is 0. The second-order valence-corrected chi connectivity index (χ2v) is 14.4. The first-order chi connectivity index (χ1) is 22.7. The Morgan fingerprint density at radius 3 is 0.891 bits per heavy atom. The average molecular weight is 643 g/mol. The monoisotopic (exact) mass is 643 g/mol. The van der Waals surface area contributed by atoms with Crippen LogP contribution in [0, 0.1) is 10.1 Å². The number of hydrogen-bond acceptors (Lipinski definition) is 3. The van der Waals surface area contributed by atoms with E-state index in [1.165, 1.54) is 205 Å². The molecule has 1 aromatic rings. The number of benzene rings is 1. The van der Waals surface area contributed by atoms with Gasteiger partial charge in [-0.3, -0.25) is 10.1 Å². The molecular weight excluding hydrogens is 564 g/mol. The fraction of sp³-hybridized carbons (Fsp3) is 0.857. The molecule has 0 aliphatic rings. The predicted molar refractivity (Wildman–Crippen MR) is 204 cm³/mol. The van der Waals surface area contributed by atoms with E-state index in [2.05, 4.69) is 18.7 Å². The highest BCUT2D eigenvalue weighted by atomic mass is 16.6. The van der Waals surface area contributed by atoms with E-state index in [0.29, 0.717) is 0 Å². The van der Waals surface area contributed by atoms with E-state index < -0.39 is 0 Å². The third kappa shape index (κ3) is 26.5. The normalized spacial score (nSPS) is 11.3. The van der Waals surface area contributed by atoms with Crippen molar-refractivity contribution in [3.8, 4) is 0 Å². The van der Waals surface area contributed by atoms with Crippen molar-refractivity contribution >= 4 is 11.4 Å². The lowest BCUT2D eigenvalue weighted by atomic mass is 10.0. The van der Waals surface area contributed by atoms with Gasteiger partial charge in [-0.1, -0.05) is 206 Å². The predicted octanol–water partition coefficient (Wildman–Crippen LogP) is 14.9. The van der Waals surface area contributed by atoms with Crippen molar-refractivity contribution in [1.82, 2.24) is 0 Å². The number of nitro groups is 1. The molecule has 0 saturated carbocycles. The molecule has 0 spiro atoms. The lowest BCUT2D eigenvalue weighted by molar-refractivity contribution is -0.384. The summed E-state index contributed by atoms with van der Waals surface area (Å²) in [5, 5.41) is 11.1. The standard InChI is InChI=1S/C42H78N2O2/c1-3-5-7-9-11-13-15-17-19-21-23-25-27-29-31-33-39-43(41-35-37-42(38-36-41)44(45)46)40-34-32-30-28-26-24-22-20-18-16-14-12-10-8-6-4-2/h35-38H,3-34,39-40H2,1-2H3. The van der Waals surface area contributed by atoms with E-state index in [1.807, 2.05) is 12.1 Å². The van der Waals surface area contributed by atoms with Crippen molar-refractivity contribution in [2.75, 3.05) is 18.0 Å². The minimum atomic E-state index is -0.292. The molecular formula is C42H78N2O2. The second kappa shape index (κ2) is 33.3. The van der Waals surface area contributed by atoms with Crippen molar-refractivity contribution in [3.05, 3.63) is 34.4 Å². The fourth-order valence-corrected chi connectivity index (χ4v) is 6.86. The Morgan fingerprint density at radius 2 is 0.652 bits per heavy atom. The number of anilines is 1. The van der Waals surface area contributed by atoms with Crippen LogP contribution in [-0.2, 0) is 0 Å². The summed E-state index contributed by atoms with van der Waals surface area (Å²) >= 11 is 0. The number of nitrogens with zero attached hydrogens (tertiary/aromatic N) is 2. The van der Waals surface area contributed by atoms with Crippen molar-refractivity contribution < 1.29 is 4.92 Å². The molecule has 0 bridgehead atoms. The molecule has 0 atom stereocenters. The van der Waals surface area contributed by atoms with E-state index in [4.69, 9.17) is 0 Å². The van der Waals surface area contributed by atoms with Gasteiger partial charge in [0.1, 0.15) is 0 Å². The number of nitro benzene ring substituents is 1. The Labute approximate surface area is 287 Å². The minimum absolute atomic E-state index is 0.188. The summed E-state index contributed by atoms with van der Waals surface area (Å²) < 4.78 is 0. The van der Waals surface area contributed by atoms with Gasteiger partial charge in [0.25, 0.3) is 5.69 Å². The van der Waals surface area contributed by atoms with Crippen molar-refractivity contribution in [2.45, 2.75) is 219 Å². The zero-order chi connectivity index (χ0) is 33.2. The first kappa shape index (κ1) is 42.4. The Hall–Kier alpha value is -1.58. The summed E-state index contributed by atoms with van der Waals surface area (Å²) in [6.07, 6.45) is 44.5. The van der Waals surface area contributed by atoms with Crippen LogP contribution in [-0.4, -0.2) is 18.0 Å². The molecule has 1 aromatic carbocycles. The van der Waals surface area contributed by atoms with Crippen LogP contribution in [0.15, 0.2) is 24.3 Å². The molecule has 46 heavy (non-hydrogen) atoms. The molecule has 0 unspecified atom stereocenters. The molecule has 0 saturated heterocycles. The highest BCUT2D eigenvalue weighted by Crippen LogP contribution is 2.22. The van der Waals surface area contributed by atoms with Gasteiger partial charge in [0.2, 0.25) is 0 Å². The molecule has 0 heterocycles. The van der Waals surface area contributed by atoms with Crippen molar-refractivity contribution in [2.24, 2.45) is 0 Å². The maximum absolute atomic E-state index is 11.1. The second-order valence-electron chi connectivity index (χ2n) is 14.4. The Balaban J connectivity index is 2.10. The van der Waals surface area contributed by atoms with Crippen LogP contribution in [0.1, 0.15) is 219 Å². The van der Waals surface area contributed by atoms with E-state index in [9.17, 15) is 10.1 Å². The van der Waals surface area contributed by atoms with E-state index in [0.717, 1.165) is 18.8 Å². The van der Waals surface area contributed by atoms with Crippen LogP contribution in [0.4, 0.5) is 11.4 Å². The molecule has 0 fully saturated rings. The van der Waals surface area contributed by atoms with Crippen LogP contribution < -0.4 is 4.90 Å². The smallest absolute Gasteiger partial charge is 0.269 e. The molecule has 1 rings (SSSR count). The molecule has 0 radical (unpaired) electrons. The lowest BCUT2D eigenvalue weighted by Crippen LogP contribution is -2.25. The number of hydrogen-bond donors (Lipinski definition) is 0. The number of non-ortho nitro benzene ring substituents is 1. The zero-order valence-corrected chi connectivity index (χ0v) is 31.1. The highest BCUT2D eigenvalue weighted by molar-refractivity contribution is 5.50. The molecule has 0 aromatic heterocycles. The molecule has 4 nitrogen and oxygen atoms in total. The van der Waals surface area contributed by atoms with E-state index >= 15 is 0 Å². The molecule has 4 heteroatoms. The van der Waals surface area contributed by atoms with Gasteiger partial charge in [-0.2, -0.15) is 0 Å². The summed E-state index contributed by atoms with van der Waals surface area (Å²) in [4.78, 5) is 13.3. The van der Waals surface area contributed by atoms with Crippen LogP contribution >= 0.6 is 0 Å². The van der Waals surface area contributed by atoms with Gasteiger partial charge < -0.3 is 4.90 Å². The maximum atomic E-state index is 11.1. The van der Waals surface area contributed by atoms with Gasteiger partial charge in [0.15, 0.2) is 0 Å². The first-order valence-electron chi connectivity index (χ1n) is 20.7. The maximum Gasteiger partial charge on any atom is 0.269 e. The first-order valence-corrected chi connectivity index (χ1v) is 20.7. The molecule has 0 amide bonds. The van der Waals surface area contributed by atoms with Crippen molar-refractivity contribution in [3.63, 3.8) is 0 Å². The SMILES string of the molecule is CCCCCCCCCCCCCCCCCCN(CCCCCCCCCCCCCCCCCC)c1ccc([N+](=O)[O-])cc1. The molecule has 0 aliphatic heterocycles. The van der Waals surface area contributed by atoms with Crippen molar-refractivity contribution in [1.29, 1.82) is 0 Å². The summed E-state index contributed by atoms with van der Waals surface area (Å²) in [6.45, 7) is 6.71. The van der Waals surface area contributed by atoms with Crippen LogP contribution in [0.2, 0.25) is 0 Å². The molecule has 0 aliphatic carbocycles. The average Bonchev–Trinajstić information content (AvgIpc) is 3.07. The van der Waals surface area contributed by atoms with Gasteiger partial charge in [-0.25, -0.2) is 0 Å². The Kier molecular flexibility index (Phi) is 30.7. The lowest BCUT2D eigenvalue weighted by Gasteiger charge is -2.25. The van der Waals surface area contributed by atoms with Crippen LogP contribution in [0.5, 0.6) is 0 Å². The summed E-state index contributed by atoms with van der Waals surface area (Å²) in [5.41, 5.74) is 1.33. The van der Waals surface area contributed by atoms with Crippen LogP contribution in [0.3, 0.4) is 0 Å². The van der Waals surface area contributed by atoms with Gasteiger partial charge in [-0.15, -0.1) is 0 Å². The topological polar surface area (TPSA) is 46.4 Å².